The first-order valence-corrected chi connectivity index (χ1v) is 10.1. The van der Waals surface area contributed by atoms with Gasteiger partial charge in [-0.3, -0.25) is 9.97 Å². The molecule has 0 unspecified atom stereocenters. The Bertz CT molecular complexity index is 908. The van der Waals surface area contributed by atoms with Gasteiger partial charge in [-0.05, 0) is 31.2 Å². The van der Waals surface area contributed by atoms with Crippen LogP contribution >= 0.6 is 0 Å². The normalized spacial score (nSPS) is 16.5. The number of rotatable bonds is 5. The molecule has 1 N–H and O–H groups in total. The van der Waals surface area contributed by atoms with Gasteiger partial charge in [0.25, 0.3) is 0 Å². The molecule has 2 aromatic rings. The Balaban J connectivity index is 1.71. The molecule has 26 heavy (non-hydrogen) atoms. The van der Waals surface area contributed by atoms with E-state index in [-0.39, 0.29) is 5.56 Å². The molecule has 1 fully saturated rings. The molecule has 0 saturated carbocycles. The van der Waals surface area contributed by atoms with Gasteiger partial charge in [0.05, 0.1) is 29.4 Å². The summed E-state index contributed by atoms with van der Waals surface area (Å²) in [5.41, 5.74) is 2.08. The van der Waals surface area contributed by atoms with Crippen molar-refractivity contribution >= 4 is 16.0 Å². The average molecular weight is 376 g/mol. The first kappa shape index (κ1) is 18.4. The molecule has 1 aliphatic heterocycles. The van der Waals surface area contributed by atoms with E-state index in [1.165, 1.54) is 22.8 Å². The summed E-state index contributed by atoms with van der Waals surface area (Å²) < 4.78 is 24.7. The number of carboxylic acids is 1. The van der Waals surface area contributed by atoms with E-state index in [9.17, 15) is 13.2 Å². The molecular formula is C17H20N4O4S. The Kier molecular flexibility index (Phi) is 5.28. The summed E-state index contributed by atoms with van der Waals surface area (Å²) in [5.74, 6) is -0.692. The molecule has 0 spiro atoms. The lowest BCUT2D eigenvalue weighted by molar-refractivity contribution is 0.0696. The minimum Gasteiger partial charge on any atom is -0.478 e. The van der Waals surface area contributed by atoms with Crippen molar-refractivity contribution in [2.24, 2.45) is 5.92 Å². The van der Waals surface area contributed by atoms with Crippen molar-refractivity contribution in [3.05, 3.63) is 42.1 Å². The van der Waals surface area contributed by atoms with Crippen LogP contribution in [0.3, 0.4) is 0 Å². The summed E-state index contributed by atoms with van der Waals surface area (Å²) in [6, 6.07) is 1.52. The smallest absolute Gasteiger partial charge is 0.337 e. The van der Waals surface area contributed by atoms with Crippen LogP contribution in [0, 0.1) is 5.92 Å². The SMILES string of the molecule is CS(=O)(=O)N1CCC(Cc2cncc(-c3cncc(C(=O)O)c3)n2)CC1. The fourth-order valence-electron chi connectivity index (χ4n) is 3.08. The molecule has 0 bridgehead atoms. The number of nitrogens with zero attached hydrogens (tertiary/aromatic N) is 4. The maximum absolute atomic E-state index is 11.6. The molecule has 0 atom stereocenters. The molecule has 0 aliphatic carbocycles. The van der Waals surface area contributed by atoms with E-state index < -0.39 is 16.0 Å². The largest absolute Gasteiger partial charge is 0.478 e. The van der Waals surface area contributed by atoms with Gasteiger partial charge in [0.1, 0.15) is 0 Å². The third-order valence-corrected chi connectivity index (χ3v) is 5.81. The van der Waals surface area contributed by atoms with Gasteiger partial charge in [0.2, 0.25) is 10.0 Å². The summed E-state index contributed by atoms with van der Waals surface area (Å²) in [7, 11) is -3.13. The Morgan fingerprint density at radius 3 is 2.54 bits per heavy atom. The highest BCUT2D eigenvalue weighted by Crippen LogP contribution is 2.23. The number of hydrogen-bond donors (Lipinski definition) is 1. The monoisotopic (exact) mass is 376 g/mol. The molecule has 1 aliphatic rings. The van der Waals surface area contributed by atoms with E-state index in [4.69, 9.17) is 5.11 Å². The van der Waals surface area contributed by atoms with Crippen LogP contribution in [0.15, 0.2) is 30.9 Å². The third kappa shape index (κ3) is 4.41. The second kappa shape index (κ2) is 7.46. The number of carbonyl (C=O) groups is 1. The number of pyridine rings is 1. The fourth-order valence-corrected chi connectivity index (χ4v) is 3.96. The summed E-state index contributed by atoms with van der Waals surface area (Å²) in [6.07, 6.45) is 9.65. The fraction of sp³-hybridized carbons (Fsp3) is 0.412. The summed E-state index contributed by atoms with van der Waals surface area (Å²) in [5, 5.41) is 9.08. The number of aromatic carboxylic acids is 1. The zero-order valence-corrected chi connectivity index (χ0v) is 15.2. The van der Waals surface area contributed by atoms with Gasteiger partial charge in [-0.25, -0.2) is 22.5 Å². The highest BCUT2D eigenvalue weighted by molar-refractivity contribution is 7.88. The minimum atomic E-state index is -3.13. The van der Waals surface area contributed by atoms with Crippen LogP contribution in [-0.2, 0) is 16.4 Å². The molecule has 8 nitrogen and oxygen atoms in total. The second-order valence-corrected chi connectivity index (χ2v) is 8.46. The van der Waals surface area contributed by atoms with Gasteiger partial charge in [-0.2, -0.15) is 0 Å². The predicted octanol–water partition coefficient (Wildman–Crippen LogP) is 1.45. The van der Waals surface area contributed by atoms with Crippen LogP contribution < -0.4 is 0 Å². The molecule has 1 saturated heterocycles. The van der Waals surface area contributed by atoms with Crippen LogP contribution in [0.25, 0.3) is 11.3 Å². The van der Waals surface area contributed by atoms with E-state index in [0.29, 0.717) is 36.7 Å². The van der Waals surface area contributed by atoms with Crippen LogP contribution in [0.1, 0.15) is 28.9 Å². The second-order valence-electron chi connectivity index (χ2n) is 6.47. The Morgan fingerprint density at radius 1 is 1.19 bits per heavy atom. The molecule has 3 heterocycles. The lowest BCUT2D eigenvalue weighted by Gasteiger charge is -2.30. The highest BCUT2D eigenvalue weighted by Gasteiger charge is 2.25. The molecule has 2 aromatic heterocycles. The van der Waals surface area contributed by atoms with E-state index in [0.717, 1.165) is 18.5 Å². The van der Waals surface area contributed by atoms with E-state index >= 15 is 0 Å². The van der Waals surface area contributed by atoms with Gasteiger partial charge < -0.3 is 5.11 Å². The Labute approximate surface area is 152 Å². The van der Waals surface area contributed by atoms with Crippen molar-refractivity contribution in [3.8, 4) is 11.3 Å². The van der Waals surface area contributed by atoms with Gasteiger partial charge in [0, 0.05) is 37.2 Å². The Morgan fingerprint density at radius 2 is 1.88 bits per heavy atom. The van der Waals surface area contributed by atoms with Crippen molar-refractivity contribution in [2.75, 3.05) is 19.3 Å². The van der Waals surface area contributed by atoms with Gasteiger partial charge in [-0.15, -0.1) is 0 Å². The van der Waals surface area contributed by atoms with Gasteiger partial charge in [-0.1, -0.05) is 0 Å². The van der Waals surface area contributed by atoms with E-state index in [1.54, 1.807) is 18.6 Å². The lowest BCUT2D eigenvalue weighted by Crippen LogP contribution is -2.38. The van der Waals surface area contributed by atoms with Crippen LogP contribution in [-0.4, -0.2) is 58.1 Å². The lowest BCUT2D eigenvalue weighted by atomic mass is 9.93. The number of piperidine rings is 1. The average Bonchev–Trinajstić information content (AvgIpc) is 2.62. The van der Waals surface area contributed by atoms with Crippen molar-refractivity contribution in [1.82, 2.24) is 19.3 Å². The topological polar surface area (TPSA) is 113 Å². The van der Waals surface area contributed by atoms with Crippen LogP contribution in [0.4, 0.5) is 0 Å². The Hall–Kier alpha value is -2.39. The molecular weight excluding hydrogens is 356 g/mol. The molecule has 9 heteroatoms. The maximum Gasteiger partial charge on any atom is 0.337 e. The number of aromatic nitrogens is 3. The number of sulfonamides is 1. The standard InChI is InChI=1S/C17H20N4O4S/c1-26(24,25)21-4-2-12(3-5-21)6-15-10-19-11-16(20-15)13-7-14(17(22)23)9-18-8-13/h7-12H,2-6H2,1H3,(H,22,23). The minimum absolute atomic E-state index is 0.0999. The number of carboxylic acid groups (broad SMARTS) is 1. The molecule has 3 rings (SSSR count). The number of hydrogen-bond acceptors (Lipinski definition) is 6. The first-order valence-electron chi connectivity index (χ1n) is 8.27. The summed E-state index contributed by atoms with van der Waals surface area (Å²) in [6.45, 7) is 1.06. The van der Waals surface area contributed by atoms with Gasteiger partial charge >= 0.3 is 5.97 Å². The molecule has 0 aromatic carbocycles. The summed E-state index contributed by atoms with van der Waals surface area (Å²) >= 11 is 0. The van der Waals surface area contributed by atoms with Crippen molar-refractivity contribution in [2.45, 2.75) is 19.3 Å². The van der Waals surface area contributed by atoms with Crippen LogP contribution in [0.2, 0.25) is 0 Å². The quantitative estimate of drug-likeness (QED) is 0.840. The molecule has 138 valence electrons. The zero-order chi connectivity index (χ0) is 18.7. The third-order valence-electron chi connectivity index (χ3n) is 4.51. The molecule has 0 amide bonds. The van der Waals surface area contributed by atoms with Crippen molar-refractivity contribution in [1.29, 1.82) is 0 Å². The molecule has 0 radical (unpaired) electrons. The highest BCUT2D eigenvalue weighted by atomic mass is 32.2. The van der Waals surface area contributed by atoms with Crippen molar-refractivity contribution in [3.63, 3.8) is 0 Å². The maximum atomic E-state index is 11.6. The predicted molar refractivity (Wildman–Crippen MR) is 95.1 cm³/mol. The van der Waals surface area contributed by atoms with E-state index in [1.807, 2.05) is 0 Å². The summed E-state index contributed by atoms with van der Waals surface area (Å²) in [4.78, 5) is 23.8. The van der Waals surface area contributed by atoms with Crippen LogP contribution in [0.5, 0.6) is 0 Å². The van der Waals surface area contributed by atoms with Crippen molar-refractivity contribution < 1.29 is 18.3 Å². The zero-order valence-electron chi connectivity index (χ0n) is 14.4. The van der Waals surface area contributed by atoms with E-state index in [2.05, 4.69) is 15.0 Å². The first-order chi connectivity index (χ1) is 12.3. The van der Waals surface area contributed by atoms with Gasteiger partial charge in [0.15, 0.2) is 0 Å².